The summed E-state index contributed by atoms with van der Waals surface area (Å²) in [5.74, 6) is 0.200. The molecule has 0 atom stereocenters. The van der Waals surface area contributed by atoms with Crippen LogP contribution in [0.2, 0.25) is 0 Å². The predicted molar refractivity (Wildman–Crippen MR) is 75.9 cm³/mol. The van der Waals surface area contributed by atoms with E-state index in [0.717, 1.165) is 0 Å². The van der Waals surface area contributed by atoms with Gasteiger partial charge in [0.05, 0.1) is 5.69 Å². The first-order valence-corrected chi connectivity index (χ1v) is 6.09. The zero-order chi connectivity index (χ0) is 15.0. The summed E-state index contributed by atoms with van der Waals surface area (Å²) in [6.07, 6.45) is 0. The molecular formula is C14H15N5O. The smallest absolute Gasteiger partial charge is 0.251 e. The quantitative estimate of drug-likeness (QED) is 0.629. The summed E-state index contributed by atoms with van der Waals surface area (Å²) in [7, 11) is 0. The van der Waals surface area contributed by atoms with Crippen LogP contribution in [0.25, 0.3) is 0 Å². The molecule has 0 saturated heterocycles. The molecule has 0 heterocycles. The first kappa shape index (κ1) is 15.2. The summed E-state index contributed by atoms with van der Waals surface area (Å²) in [6.45, 7) is 4.62. The lowest BCUT2D eigenvalue weighted by molar-refractivity contribution is 0.0949. The highest BCUT2D eigenvalue weighted by Gasteiger charge is 2.06. The molecular weight excluding hydrogens is 254 g/mol. The lowest BCUT2D eigenvalue weighted by Crippen LogP contribution is -2.27. The number of rotatable bonds is 5. The second kappa shape index (κ2) is 7.55. The van der Waals surface area contributed by atoms with Gasteiger partial charge >= 0.3 is 0 Å². The monoisotopic (exact) mass is 269 g/mol. The molecule has 102 valence electrons. The van der Waals surface area contributed by atoms with Crippen molar-refractivity contribution in [3.05, 3.63) is 29.8 Å². The maximum absolute atomic E-state index is 11.9. The predicted octanol–water partition coefficient (Wildman–Crippen LogP) is 1.89. The van der Waals surface area contributed by atoms with Gasteiger partial charge in [0.1, 0.15) is 12.1 Å². The highest BCUT2D eigenvalue weighted by atomic mass is 16.1. The molecule has 0 spiro atoms. The Kier molecular flexibility index (Phi) is 5.74. The summed E-state index contributed by atoms with van der Waals surface area (Å²) < 4.78 is 0. The summed E-state index contributed by atoms with van der Waals surface area (Å²) in [5.41, 5.74) is 3.31. The fourth-order valence-corrected chi connectivity index (χ4v) is 1.32. The van der Waals surface area contributed by atoms with Gasteiger partial charge in [0, 0.05) is 12.1 Å². The van der Waals surface area contributed by atoms with Gasteiger partial charge in [-0.25, -0.2) is 0 Å². The SMILES string of the molecule is CC(C)CNC(=O)c1cccc(NN=C(C#N)C#N)c1. The van der Waals surface area contributed by atoms with E-state index in [9.17, 15) is 4.79 Å². The third kappa shape index (κ3) is 4.79. The molecule has 1 aromatic carbocycles. The van der Waals surface area contributed by atoms with Crippen LogP contribution < -0.4 is 10.7 Å². The minimum Gasteiger partial charge on any atom is -0.352 e. The Morgan fingerprint density at radius 1 is 1.35 bits per heavy atom. The van der Waals surface area contributed by atoms with E-state index in [4.69, 9.17) is 10.5 Å². The van der Waals surface area contributed by atoms with Crippen LogP contribution in [0.15, 0.2) is 29.4 Å². The number of nitrogens with one attached hydrogen (secondary N) is 2. The number of amides is 1. The van der Waals surface area contributed by atoms with E-state index in [0.29, 0.717) is 23.7 Å². The first-order valence-electron chi connectivity index (χ1n) is 6.09. The fourth-order valence-electron chi connectivity index (χ4n) is 1.32. The molecule has 0 unspecified atom stereocenters. The lowest BCUT2D eigenvalue weighted by atomic mass is 10.1. The van der Waals surface area contributed by atoms with Crippen molar-refractivity contribution < 1.29 is 4.79 Å². The van der Waals surface area contributed by atoms with Crippen molar-refractivity contribution in [3.8, 4) is 12.1 Å². The van der Waals surface area contributed by atoms with Crippen molar-refractivity contribution in [1.29, 1.82) is 10.5 Å². The normalized spacial score (nSPS) is 9.25. The van der Waals surface area contributed by atoms with Crippen LogP contribution in [0, 0.1) is 28.6 Å². The van der Waals surface area contributed by atoms with Gasteiger partial charge in [-0.05, 0) is 24.1 Å². The minimum atomic E-state index is -0.278. The van der Waals surface area contributed by atoms with Gasteiger partial charge in [0.2, 0.25) is 5.71 Å². The standard InChI is InChI=1S/C14H15N5O/c1-10(2)9-17-14(20)11-4-3-5-12(6-11)18-19-13(7-15)8-16/h3-6,10,18H,9H2,1-2H3,(H,17,20). The van der Waals surface area contributed by atoms with E-state index in [1.807, 2.05) is 13.8 Å². The summed E-state index contributed by atoms with van der Waals surface area (Å²) in [6, 6.07) is 9.95. The van der Waals surface area contributed by atoms with Crippen molar-refractivity contribution in [3.63, 3.8) is 0 Å². The average molecular weight is 269 g/mol. The van der Waals surface area contributed by atoms with Gasteiger partial charge < -0.3 is 5.32 Å². The highest BCUT2D eigenvalue weighted by Crippen LogP contribution is 2.10. The number of nitrogens with zero attached hydrogens (tertiary/aromatic N) is 3. The Hall–Kier alpha value is -2.86. The molecule has 6 nitrogen and oxygen atoms in total. The zero-order valence-electron chi connectivity index (χ0n) is 11.3. The van der Waals surface area contributed by atoms with Crippen LogP contribution in [0.4, 0.5) is 5.69 Å². The minimum absolute atomic E-state index is 0.174. The van der Waals surface area contributed by atoms with E-state index < -0.39 is 0 Å². The van der Waals surface area contributed by atoms with E-state index in [1.54, 1.807) is 36.4 Å². The third-order valence-electron chi connectivity index (χ3n) is 2.30. The van der Waals surface area contributed by atoms with Gasteiger partial charge in [-0.1, -0.05) is 19.9 Å². The van der Waals surface area contributed by atoms with Crippen LogP contribution in [-0.4, -0.2) is 18.2 Å². The number of benzene rings is 1. The molecule has 2 N–H and O–H groups in total. The van der Waals surface area contributed by atoms with Crippen LogP contribution in [0.5, 0.6) is 0 Å². The number of hydrogen-bond acceptors (Lipinski definition) is 5. The Bertz CT molecular complexity index is 576. The Balaban J connectivity index is 2.76. The molecule has 0 saturated carbocycles. The maximum Gasteiger partial charge on any atom is 0.251 e. The van der Waals surface area contributed by atoms with Crippen LogP contribution >= 0.6 is 0 Å². The van der Waals surface area contributed by atoms with Crippen LogP contribution in [-0.2, 0) is 0 Å². The van der Waals surface area contributed by atoms with Crippen molar-refractivity contribution in [1.82, 2.24) is 5.32 Å². The summed E-state index contributed by atoms with van der Waals surface area (Å²) in [4.78, 5) is 11.9. The number of anilines is 1. The van der Waals surface area contributed by atoms with E-state index >= 15 is 0 Å². The van der Waals surface area contributed by atoms with Gasteiger partial charge in [0.15, 0.2) is 0 Å². The fraction of sp³-hybridized carbons (Fsp3) is 0.286. The summed E-state index contributed by atoms with van der Waals surface area (Å²) in [5, 5.41) is 23.5. The van der Waals surface area contributed by atoms with Gasteiger partial charge in [-0.3, -0.25) is 10.2 Å². The molecule has 1 amide bonds. The zero-order valence-corrected chi connectivity index (χ0v) is 11.3. The molecule has 6 heteroatoms. The van der Waals surface area contributed by atoms with E-state index in [2.05, 4.69) is 15.8 Å². The number of carbonyl (C=O) groups is 1. The van der Waals surface area contributed by atoms with Crippen LogP contribution in [0.1, 0.15) is 24.2 Å². The van der Waals surface area contributed by atoms with E-state index in [1.165, 1.54) is 0 Å². The average Bonchev–Trinajstić information content (AvgIpc) is 2.46. The molecule has 0 aliphatic carbocycles. The second-order valence-electron chi connectivity index (χ2n) is 4.48. The Labute approximate surface area is 117 Å². The molecule has 0 bridgehead atoms. The van der Waals surface area contributed by atoms with Crippen molar-refractivity contribution >= 4 is 17.3 Å². The first-order chi connectivity index (χ1) is 9.56. The molecule has 20 heavy (non-hydrogen) atoms. The number of nitriles is 2. The van der Waals surface area contributed by atoms with Crippen molar-refractivity contribution in [2.45, 2.75) is 13.8 Å². The number of hydrazone groups is 1. The molecule has 0 aromatic heterocycles. The number of carbonyl (C=O) groups excluding carboxylic acids is 1. The maximum atomic E-state index is 11.9. The summed E-state index contributed by atoms with van der Waals surface area (Å²) >= 11 is 0. The topological polar surface area (TPSA) is 101 Å². The molecule has 1 aromatic rings. The highest BCUT2D eigenvalue weighted by molar-refractivity contribution is 6.10. The molecule has 0 fully saturated rings. The van der Waals surface area contributed by atoms with Crippen LogP contribution in [0.3, 0.4) is 0 Å². The number of hydrogen-bond donors (Lipinski definition) is 2. The molecule has 0 aliphatic rings. The second-order valence-corrected chi connectivity index (χ2v) is 4.48. The van der Waals surface area contributed by atoms with Gasteiger partial charge in [0.25, 0.3) is 5.91 Å². The van der Waals surface area contributed by atoms with E-state index in [-0.39, 0.29) is 11.6 Å². The molecule has 1 rings (SSSR count). The van der Waals surface area contributed by atoms with Gasteiger partial charge in [-0.15, -0.1) is 0 Å². The lowest BCUT2D eigenvalue weighted by Gasteiger charge is -2.08. The van der Waals surface area contributed by atoms with Crippen molar-refractivity contribution in [2.24, 2.45) is 11.0 Å². The molecule has 0 aliphatic heterocycles. The third-order valence-corrected chi connectivity index (χ3v) is 2.30. The van der Waals surface area contributed by atoms with Crippen molar-refractivity contribution in [2.75, 3.05) is 12.0 Å². The largest absolute Gasteiger partial charge is 0.352 e. The Morgan fingerprint density at radius 3 is 2.65 bits per heavy atom. The molecule has 0 radical (unpaired) electrons. The Morgan fingerprint density at radius 2 is 2.05 bits per heavy atom. The van der Waals surface area contributed by atoms with Gasteiger partial charge in [-0.2, -0.15) is 15.6 Å².